The van der Waals surface area contributed by atoms with Gasteiger partial charge in [-0.2, -0.15) is 0 Å². The van der Waals surface area contributed by atoms with Crippen molar-refractivity contribution in [1.82, 2.24) is 15.0 Å². The second-order valence-corrected chi connectivity index (χ2v) is 7.96. The van der Waals surface area contributed by atoms with Crippen LogP contribution in [0.25, 0.3) is 0 Å². The minimum absolute atomic E-state index is 0.0202. The van der Waals surface area contributed by atoms with Gasteiger partial charge in [0.2, 0.25) is 5.91 Å². The van der Waals surface area contributed by atoms with Crippen LogP contribution in [0.5, 0.6) is 5.75 Å². The molecule has 2 N–H and O–H groups in total. The van der Waals surface area contributed by atoms with E-state index >= 15 is 0 Å². The molecule has 2 aromatic heterocycles. The fourth-order valence-electron chi connectivity index (χ4n) is 4.00. The number of hydrogen-bond donors (Lipinski definition) is 2. The molecule has 1 unspecified atom stereocenters. The summed E-state index contributed by atoms with van der Waals surface area (Å²) in [7, 11) is 0. The van der Waals surface area contributed by atoms with Gasteiger partial charge in [0.25, 0.3) is 0 Å². The molecule has 0 radical (unpaired) electrons. The lowest BCUT2D eigenvalue weighted by atomic mass is 9.81. The number of pyridine rings is 1. The third-order valence-corrected chi connectivity index (χ3v) is 5.87. The Bertz CT molecular complexity index is 1070. The van der Waals surface area contributed by atoms with Crippen molar-refractivity contribution < 1.29 is 23.4 Å². The molecule has 0 aromatic carbocycles. The van der Waals surface area contributed by atoms with E-state index in [-0.39, 0.29) is 30.7 Å². The maximum Gasteiger partial charge on any atom is 0.229 e. The predicted molar refractivity (Wildman–Crippen MR) is 108 cm³/mol. The van der Waals surface area contributed by atoms with Crippen LogP contribution in [0.3, 0.4) is 0 Å². The Hall–Kier alpha value is -3.36. The van der Waals surface area contributed by atoms with Crippen LogP contribution in [0, 0.1) is 36.9 Å². The molecule has 2 aliphatic rings. The zero-order valence-electron chi connectivity index (χ0n) is 17.1. The summed E-state index contributed by atoms with van der Waals surface area (Å²) in [6.45, 7) is 3.73. The molecular weight excluding hydrogens is 406 g/mol. The van der Waals surface area contributed by atoms with E-state index < -0.39 is 28.7 Å². The number of allylic oxidation sites excluding steroid dienone is 3. The molecule has 31 heavy (non-hydrogen) atoms. The van der Waals surface area contributed by atoms with Crippen LogP contribution >= 0.6 is 0 Å². The molecule has 4 rings (SSSR count). The van der Waals surface area contributed by atoms with E-state index in [1.807, 2.05) is 0 Å². The van der Waals surface area contributed by atoms with Crippen molar-refractivity contribution in [3.8, 4) is 5.75 Å². The number of amides is 1. The molecule has 0 saturated heterocycles. The largest absolute Gasteiger partial charge is 0.505 e. The van der Waals surface area contributed by atoms with Gasteiger partial charge < -0.3 is 15.2 Å². The average Bonchev–Trinajstić information content (AvgIpc) is 3.47. The number of aliphatic hydroxyl groups is 1. The Morgan fingerprint density at radius 2 is 2.10 bits per heavy atom. The Balaban J connectivity index is 1.53. The van der Waals surface area contributed by atoms with Crippen LogP contribution in [-0.2, 0) is 4.79 Å². The van der Waals surface area contributed by atoms with Gasteiger partial charge in [-0.3, -0.25) is 4.79 Å². The van der Waals surface area contributed by atoms with Crippen molar-refractivity contribution in [2.45, 2.75) is 26.7 Å². The lowest BCUT2D eigenvalue weighted by Crippen LogP contribution is -2.30. The minimum atomic E-state index is -0.671. The number of halogens is 2. The molecule has 0 spiro atoms. The van der Waals surface area contributed by atoms with E-state index in [1.54, 1.807) is 26.1 Å². The van der Waals surface area contributed by atoms with Crippen molar-refractivity contribution >= 4 is 11.7 Å². The number of nitrogens with one attached hydrogen (secondary N) is 1. The molecule has 1 amide bonds. The van der Waals surface area contributed by atoms with Gasteiger partial charge in [0.1, 0.15) is 29.0 Å². The zero-order chi connectivity index (χ0) is 22.2. The highest BCUT2D eigenvalue weighted by molar-refractivity contribution is 5.94. The van der Waals surface area contributed by atoms with Gasteiger partial charge in [0, 0.05) is 17.8 Å². The second-order valence-electron chi connectivity index (χ2n) is 7.96. The van der Waals surface area contributed by atoms with Gasteiger partial charge >= 0.3 is 0 Å². The highest BCUT2D eigenvalue weighted by Gasteiger charge is 2.62. The van der Waals surface area contributed by atoms with Gasteiger partial charge in [-0.15, -0.1) is 0 Å². The molecule has 9 heteroatoms. The molecular formula is C22H22F2N4O3. The van der Waals surface area contributed by atoms with Crippen LogP contribution in [-0.4, -0.2) is 32.6 Å². The van der Waals surface area contributed by atoms with Crippen molar-refractivity contribution in [1.29, 1.82) is 0 Å². The van der Waals surface area contributed by atoms with Crippen molar-refractivity contribution in [2.24, 2.45) is 17.3 Å². The fourth-order valence-corrected chi connectivity index (χ4v) is 4.00. The van der Waals surface area contributed by atoms with Gasteiger partial charge in [-0.25, -0.2) is 23.7 Å². The van der Waals surface area contributed by atoms with Crippen LogP contribution in [0.2, 0.25) is 0 Å². The topological polar surface area (TPSA) is 97.2 Å². The van der Waals surface area contributed by atoms with Gasteiger partial charge in [0.05, 0.1) is 24.7 Å². The van der Waals surface area contributed by atoms with E-state index in [4.69, 9.17) is 4.74 Å². The Morgan fingerprint density at radius 3 is 2.77 bits per heavy atom. The van der Waals surface area contributed by atoms with Crippen molar-refractivity contribution in [3.63, 3.8) is 0 Å². The highest BCUT2D eigenvalue weighted by atomic mass is 19.1. The van der Waals surface area contributed by atoms with E-state index in [0.717, 1.165) is 6.20 Å². The van der Waals surface area contributed by atoms with E-state index in [9.17, 15) is 18.7 Å². The fraction of sp³-hybridized carbons (Fsp3) is 0.364. The quantitative estimate of drug-likeness (QED) is 0.723. The highest BCUT2D eigenvalue weighted by Crippen LogP contribution is 2.61. The third-order valence-electron chi connectivity index (χ3n) is 5.87. The summed E-state index contributed by atoms with van der Waals surface area (Å²) >= 11 is 0. The smallest absolute Gasteiger partial charge is 0.229 e. The molecule has 1 fully saturated rings. The monoisotopic (exact) mass is 428 g/mol. The normalized spacial score (nSPS) is 24.8. The molecule has 2 heterocycles. The number of ether oxygens (including phenoxy) is 1. The number of carbonyl (C=O) groups is 1. The molecule has 0 bridgehead atoms. The van der Waals surface area contributed by atoms with Crippen LogP contribution in [0.4, 0.5) is 14.6 Å². The lowest BCUT2D eigenvalue weighted by molar-refractivity contribution is -0.118. The number of rotatable bonds is 6. The Morgan fingerprint density at radius 1 is 1.29 bits per heavy atom. The summed E-state index contributed by atoms with van der Waals surface area (Å²) < 4.78 is 33.2. The maximum absolute atomic E-state index is 14.1. The van der Waals surface area contributed by atoms with Gasteiger partial charge in [-0.05, 0) is 44.4 Å². The SMILES string of the molecule is Cc1ncc(OC[C@@]2(C3C=CC(O)=C(F)C3)C[C@H]2C(=O)Nc2ccc(F)cn2)c(C)n1. The average molecular weight is 428 g/mol. The van der Waals surface area contributed by atoms with Gasteiger partial charge in [-0.1, -0.05) is 6.08 Å². The molecule has 1 saturated carbocycles. The molecule has 3 atom stereocenters. The first-order valence-corrected chi connectivity index (χ1v) is 9.90. The summed E-state index contributed by atoms with van der Waals surface area (Å²) in [5.41, 5.74) is -0.00147. The Kier molecular flexibility index (Phi) is 5.43. The number of nitrogens with zero attached hydrogens (tertiary/aromatic N) is 3. The number of hydrogen-bond acceptors (Lipinski definition) is 6. The standard InChI is InChI=1S/C22H22F2N4O3/c1-12-19(10-25-13(2)27-12)31-11-22(14-3-5-18(29)17(24)7-14)8-16(22)21(30)28-20-6-4-15(23)9-26-20/h3-6,9-10,14,16,29H,7-8,11H2,1-2H3,(H,26,28,30)/t14?,16-,22+/m0/s1. The van der Waals surface area contributed by atoms with Crippen molar-refractivity contribution in [2.75, 3.05) is 11.9 Å². The van der Waals surface area contributed by atoms with E-state index in [2.05, 4.69) is 20.3 Å². The number of aromatic nitrogens is 3. The second kappa shape index (κ2) is 8.05. The number of anilines is 1. The lowest BCUT2D eigenvalue weighted by Gasteiger charge is -2.27. The minimum Gasteiger partial charge on any atom is -0.505 e. The molecule has 0 aliphatic heterocycles. The zero-order valence-corrected chi connectivity index (χ0v) is 17.1. The maximum atomic E-state index is 14.1. The van der Waals surface area contributed by atoms with Crippen LogP contribution in [0.1, 0.15) is 24.4 Å². The molecule has 2 aromatic rings. The molecule has 162 valence electrons. The summed E-state index contributed by atoms with van der Waals surface area (Å²) in [4.78, 5) is 25.2. The summed E-state index contributed by atoms with van der Waals surface area (Å²) in [6, 6.07) is 2.58. The first-order chi connectivity index (χ1) is 14.8. The third kappa shape index (κ3) is 4.26. The summed E-state index contributed by atoms with van der Waals surface area (Å²) in [5, 5.41) is 12.3. The van der Waals surface area contributed by atoms with Crippen molar-refractivity contribution in [3.05, 3.63) is 65.6 Å². The van der Waals surface area contributed by atoms with Crippen LogP contribution in [0.15, 0.2) is 48.3 Å². The predicted octanol–water partition coefficient (Wildman–Crippen LogP) is 3.97. The first-order valence-electron chi connectivity index (χ1n) is 9.90. The summed E-state index contributed by atoms with van der Waals surface area (Å²) in [5.74, 6) is -1.27. The first kappa shape index (κ1) is 20.9. The Labute approximate surface area is 177 Å². The molecule has 7 nitrogen and oxygen atoms in total. The summed E-state index contributed by atoms with van der Waals surface area (Å²) in [6.07, 6.45) is 6.08. The molecule has 2 aliphatic carbocycles. The number of aliphatic hydroxyl groups excluding tert-OH is 1. The van der Waals surface area contributed by atoms with Crippen LogP contribution < -0.4 is 10.1 Å². The van der Waals surface area contributed by atoms with E-state index in [1.165, 1.54) is 18.2 Å². The van der Waals surface area contributed by atoms with Gasteiger partial charge in [0.15, 0.2) is 5.75 Å². The number of aryl methyl sites for hydroxylation is 2. The van der Waals surface area contributed by atoms with E-state index in [0.29, 0.717) is 23.7 Å². The number of carbonyl (C=O) groups excluding carboxylic acids is 1.